The molecule has 0 spiro atoms. The molecule has 1 heterocycles. The largest absolute Gasteiger partial charge is 0.419 e. The van der Waals surface area contributed by atoms with E-state index in [1.54, 1.807) is 0 Å². The molecule has 1 N–H and O–H groups in total. The van der Waals surface area contributed by atoms with E-state index in [0.717, 1.165) is 13.6 Å². The lowest BCUT2D eigenvalue weighted by atomic mass is 10.1. The van der Waals surface area contributed by atoms with Crippen molar-refractivity contribution in [2.75, 3.05) is 0 Å². The smallest absolute Gasteiger partial charge is 0.248 e. The minimum atomic E-state index is 0.0266. The fourth-order valence-electron chi connectivity index (χ4n) is 1.44. The number of hydrogen-bond acceptors (Lipinski definition) is 4. The van der Waals surface area contributed by atoms with Crippen LogP contribution < -0.4 is 5.32 Å². The van der Waals surface area contributed by atoms with Crippen molar-refractivity contribution in [3.8, 4) is 11.5 Å². The summed E-state index contributed by atoms with van der Waals surface area (Å²) in [5.74, 6) is 1.15. The minimum Gasteiger partial charge on any atom is -0.419 e. The molecule has 0 aliphatic heterocycles. The molecule has 1 aromatic heterocycles. The third kappa shape index (κ3) is 4.25. The molecule has 0 saturated carbocycles. The van der Waals surface area contributed by atoms with Gasteiger partial charge in [-0.1, -0.05) is 15.9 Å². The number of nitrogens with one attached hydrogen (secondary N) is 1. The molecule has 0 atom stereocenters. The van der Waals surface area contributed by atoms with Crippen LogP contribution >= 0.6 is 38.5 Å². The van der Waals surface area contributed by atoms with Crippen molar-refractivity contribution in [1.29, 1.82) is 0 Å². The Morgan fingerprint density at radius 2 is 2.05 bits per heavy atom. The topological polar surface area (TPSA) is 51.0 Å². The second kappa shape index (κ2) is 5.88. The Morgan fingerprint density at radius 3 is 2.74 bits per heavy atom. The van der Waals surface area contributed by atoms with Crippen LogP contribution in [0.1, 0.15) is 26.7 Å². The van der Waals surface area contributed by atoms with Crippen molar-refractivity contribution in [1.82, 2.24) is 15.5 Å². The predicted octanol–water partition coefficient (Wildman–Crippen LogP) is 3.99. The molecule has 0 aliphatic rings. The van der Waals surface area contributed by atoms with Gasteiger partial charge in [-0.15, -0.1) is 10.2 Å². The lowest BCUT2D eigenvalue weighted by molar-refractivity contribution is 0.383. The number of aromatic nitrogens is 2. The van der Waals surface area contributed by atoms with Gasteiger partial charge in [-0.05, 0) is 61.6 Å². The highest BCUT2D eigenvalue weighted by Crippen LogP contribution is 2.27. The van der Waals surface area contributed by atoms with Crippen LogP contribution in [0.3, 0.4) is 0 Å². The molecule has 0 bridgehead atoms. The molecule has 2 rings (SSSR count). The summed E-state index contributed by atoms with van der Waals surface area (Å²) in [6, 6.07) is 5.98. The molecule has 4 nitrogen and oxygen atoms in total. The van der Waals surface area contributed by atoms with Crippen molar-refractivity contribution in [2.45, 2.75) is 32.9 Å². The van der Waals surface area contributed by atoms with Gasteiger partial charge >= 0.3 is 0 Å². The summed E-state index contributed by atoms with van der Waals surface area (Å²) >= 11 is 5.71. The number of rotatable bonds is 3. The highest BCUT2D eigenvalue weighted by Gasteiger charge is 2.14. The highest BCUT2D eigenvalue weighted by molar-refractivity contribution is 14.1. The fraction of sp³-hybridized carbons (Fsp3) is 0.385. The van der Waals surface area contributed by atoms with Gasteiger partial charge in [0.05, 0.1) is 12.1 Å². The predicted molar refractivity (Wildman–Crippen MR) is 86.7 cm³/mol. The van der Waals surface area contributed by atoms with Gasteiger partial charge in [0.25, 0.3) is 0 Å². The molecule has 0 amide bonds. The first-order valence-electron chi connectivity index (χ1n) is 5.88. The van der Waals surface area contributed by atoms with Crippen LogP contribution in [0.25, 0.3) is 11.5 Å². The number of benzene rings is 1. The number of halogens is 2. The van der Waals surface area contributed by atoms with Crippen molar-refractivity contribution in [3.05, 3.63) is 32.1 Å². The van der Waals surface area contributed by atoms with Crippen molar-refractivity contribution < 1.29 is 4.42 Å². The summed E-state index contributed by atoms with van der Waals surface area (Å²) in [5, 5.41) is 11.5. The van der Waals surface area contributed by atoms with E-state index < -0.39 is 0 Å². The zero-order valence-electron chi connectivity index (χ0n) is 11.0. The average Bonchev–Trinajstić information content (AvgIpc) is 2.77. The summed E-state index contributed by atoms with van der Waals surface area (Å²) in [6.45, 7) is 6.87. The third-order valence-electron chi connectivity index (χ3n) is 2.40. The summed E-state index contributed by atoms with van der Waals surface area (Å²) in [4.78, 5) is 0. The Bertz CT molecular complexity index is 578. The first-order chi connectivity index (χ1) is 8.85. The normalized spacial score (nSPS) is 11.8. The second-order valence-corrected chi connectivity index (χ2v) is 7.31. The molecule has 0 unspecified atom stereocenters. The average molecular weight is 436 g/mol. The van der Waals surface area contributed by atoms with Gasteiger partial charge in [0.15, 0.2) is 0 Å². The van der Waals surface area contributed by atoms with Gasteiger partial charge in [-0.25, -0.2) is 0 Å². The first kappa shape index (κ1) is 14.9. The fourth-order valence-corrected chi connectivity index (χ4v) is 2.36. The van der Waals surface area contributed by atoms with Crippen LogP contribution in [0.4, 0.5) is 0 Å². The lowest BCUT2D eigenvalue weighted by Gasteiger charge is -2.18. The van der Waals surface area contributed by atoms with Gasteiger partial charge in [-0.2, -0.15) is 0 Å². The van der Waals surface area contributed by atoms with Crippen LogP contribution in [0.2, 0.25) is 0 Å². The molecule has 1 aromatic carbocycles. The lowest BCUT2D eigenvalue weighted by Crippen LogP contribution is -2.35. The van der Waals surface area contributed by atoms with E-state index in [2.05, 4.69) is 74.8 Å². The van der Waals surface area contributed by atoms with Crippen LogP contribution in [0.15, 0.2) is 27.1 Å². The van der Waals surface area contributed by atoms with Crippen LogP contribution in [-0.4, -0.2) is 15.7 Å². The maximum atomic E-state index is 5.69. The van der Waals surface area contributed by atoms with Crippen LogP contribution in [0.5, 0.6) is 0 Å². The Labute approximate surface area is 134 Å². The third-order valence-corrected chi connectivity index (χ3v) is 3.83. The van der Waals surface area contributed by atoms with E-state index in [0.29, 0.717) is 18.3 Å². The van der Waals surface area contributed by atoms with Gasteiger partial charge in [0.2, 0.25) is 11.8 Å². The standard InChI is InChI=1S/C13H15BrIN3O/c1-13(2,3)16-7-11-17-18-12(19-11)9-6-8(14)4-5-10(9)15/h4-6,16H,7H2,1-3H3. The molecule has 0 radical (unpaired) electrons. The zero-order chi connectivity index (χ0) is 14.0. The number of hydrogen-bond donors (Lipinski definition) is 1. The zero-order valence-corrected chi connectivity index (χ0v) is 14.7. The molecule has 19 heavy (non-hydrogen) atoms. The summed E-state index contributed by atoms with van der Waals surface area (Å²) < 4.78 is 7.77. The first-order valence-corrected chi connectivity index (χ1v) is 7.75. The Morgan fingerprint density at radius 1 is 1.32 bits per heavy atom. The molecule has 2 aromatic rings. The molecular formula is C13H15BrIN3O. The quantitative estimate of drug-likeness (QED) is 0.740. The van der Waals surface area contributed by atoms with Crippen molar-refractivity contribution in [2.24, 2.45) is 0 Å². The molecular weight excluding hydrogens is 421 g/mol. The Hall–Kier alpha value is -0.470. The van der Waals surface area contributed by atoms with Crippen LogP contribution in [-0.2, 0) is 6.54 Å². The second-order valence-electron chi connectivity index (χ2n) is 5.23. The molecule has 0 saturated heterocycles. The van der Waals surface area contributed by atoms with Crippen molar-refractivity contribution >= 4 is 38.5 Å². The maximum absolute atomic E-state index is 5.69. The highest BCUT2D eigenvalue weighted by atomic mass is 127. The number of nitrogens with zero attached hydrogens (tertiary/aromatic N) is 2. The molecule has 102 valence electrons. The monoisotopic (exact) mass is 435 g/mol. The SMILES string of the molecule is CC(C)(C)NCc1nnc(-c2cc(Br)ccc2I)o1. The summed E-state index contributed by atoms with van der Waals surface area (Å²) in [5.41, 5.74) is 0.975. The minimum absolute atomic E-state index is 0.0266. The van der Waals surface area contributed by atoms with Gasteiger partial charge in [-0.3, -0.25) is 0 Å². The van der Waals surface area contributed by atoms with E-state index in [-0.39, 0.29) is 5.54 Å². The molecule has 0 aliphatic carbocycles. The van der Waals surface area contributed by atoms with E-state index in [4.69, 9.17) is 4.42 Å². The van der Waals surface area contributed by atoms with Crippen LogP contribution in [0, 0.1) is 3.57 Å². The Kier molecular flexibility index (Phi) is 4.62. The Balaban J connectivity index is 2.19. The van der Waals surface area contributed by atoms with Crippen molar-refractivity contribution in [3.63, 3.8) is 0 Å². The molecule has 6 heteroatoms. The maximum Gasteiger partial charge on any atom is 0.248 e. The van der Waals surface area contributed by atoms with E-state index in [1.807, 2.05) is 18.2 Å². The van der Waals surface area contributed by atoms with Gasteiger partial charge < -0.3 is 9.73 Å². The molecule has 0 fully saturated rings. The summed E-state index contributed by atoms with van der Waals surface area (Å²) in [6.07, 6.45) is 0. The van der Waals surface area contributed by atoms with Gasteiger partial charge in [0.1, 0.15) is 0 Å². The summed E-state index contributed by atoms with van der Waals surface area (Å²) in [7, 11) is 0. The van der Waals surface area contributed by atoms with E-state index >= 15 is 0 Å². The van der Waals surface area contributed by atoms with E-state index in [9.17, 15) is 0 Å². The van der Waals surface area contributed by atoms with E-state index in [1.165, 1.54) is 0 Å². The van der Waals surface area contributed by atoms with Gasteiger partial charge in [0, 0.05) is 13.6 Å².